The summed E-state index contributed by atoms with van der Waals surface area (Å²) >= 11 is 0. The van der Waals surface area contributed by atoms with Crippen molar-refractivity contribution in [2.24, 2.45) is 0 Å². The van der Waals surface area contributed by atoms with Crippen LogP contribution in [-0.2, 0) is 0 Å². The van der Waals surface area contributed by atoms with Crippen LogP contribution < -0.4 is 5.32 Å². The highest BCUT2D eigenvalue weighted by atomic mass is 28.3. The molecule has 62 valence electrons. The van der Waals surface area contributed by atoms with Gasteiger partial charge in [0.25, 0.3) is 0 Å². The zero-order valence-corrected chi connectivity index (χ0v) is 8.81. The van der Waals surface area contributed by atoms with E-state index in [1.165, 1.54) is 5.20 Å². The second kappa shape index (κ2) is 2.86. The van der Waals surface area contributed by atoms with E-state index in [0.29, 0.717) is 6.04 Å². The standard InChI is InChI=1S/C9H17NSi/c1-8-5-6-9(7-10-8)11(2,3)4/h5-8,10H,1-4H3. The Morgan fingerprint density at radius 2 is 2.00 bits per heavy atom. The van der Waals surface area contributed by atoms with Crippen molar-refractivity contribution in [3.8, 4) is 0 Å². The Kier molecular flexibility index (Phi) is 2.23. The molecule has 1 rings (SSSR count). The zero-order valence-electron chi connectivity index (χ0n) is 7.81. The van der Waals surface area contributed by atoms with Gasteiger partial charge in [-0.15, -0.1) is 0 Å². The maximum atomic E-state index is 3.32. The predicted molar refractivity (Wildman–Crippen MR) is 53.2 cm³/mol. The van der Waals surface area contributed by atoms with E-state index in [4.69, 9.17) is 0 Å². The summed E-state index contributed by atoms with van der Waals surface area (Å²) in [5.41, 5.74) is 0. The number of rotatable bonds is 1. The van der Waals surface area contributed by atoms with Crippen LogP contribution in [0, 0.1) is 0 Å². The summed E-state index contributed by atoms with van der Waals surface area (Å²) in [6.07, 6.45) is 6.68. The first-order valence-corrected chi connectivity index (χ1v) is 7.65. The van der Waals surface area contributed by atoms with Crippen molar-refractivity contribution in [1.29, 1.82) is 0 Å². The number of hydrogen-bond acceptors (Lipinski definition) is 1. The van der Waals surface area contributed by atoms with Gasteiger partial charge in [0.05, 0.1) is 8.07 Å². The first-order chi connectivity index (χ1) is 5.00. The van der Waals surface area contributed by atoms with E-state index in [1.54, 1.807) is 0 Å². The monoisotopic (exact) mass is 167 g/mol. The van der Waals surface area contributed by atoms with Gasteiger partial charge in [-0.05, 0) is 18.3 Å². The zero-order chi connectivity index (χ0) is 8.48. The van der Waals surface area contributed by atoms with Gasteiger partial charge in [0.15, 0.2) is 0 Å². The van der Waals surface area contributed by atoms with Crippen molar-refractivity contribution in [3.63, 3.8) is 0 Å². The van der Waals surface area contributed by atoms with E-state index in [9.17, 15) is 0 Å². The van der Waals surface area contributed by atoms with Gasteiger partial charge in [-0.25, -0.2) is 0 Å². The fourth-order valence-electron chi connectivity index (χ4n) is 1.04. The summed E-state index contributed by atoms with van der Waals surface area (Å²) in [6.45, 7) is 9.25. The molecule has 0 aliphatic carbocycles. The highest BCUT2D eigenvalue weighted by Crippen LogP contribution is 2.17. The maximum absolute atomic E-state index is 3.32. The van der Waals surface area contributed by atoms with Crippen molar-refractivity contribution in [2.45, 2.75) is 32.6 Å². The summed E-state index contributed by atoms with van der Waals surface area (Å²) in [4.78, 5) is 0. The van der Waals surface area contributed by atoms with Crippen LogP contribution in [0.25, 0.3) is 0 Å². The van der Waals surface area contributed by atoms with Crippen LogP contribution in [0.4, 0.5) is 0 Å². The molecule has 1 aliphatic rings. The molecule has 0 saturated heterocycles. The Hall–Kier alpha value is -0.503. The molecule has 1 atom stereocenters. The van der Waals surface area contributed by atoms with Crippen LogP contribution in [0.15, 0.2) is 23.5 Å². The van der Waals surface area contributed by atoms with Crippen LogP contribution in [0.1, 0.15) is 6.92 Å². The molecule has 1 heterocycles. The molecular weight excluding hydrogens is 150 g/mol. The van der Waals surface area contributed by atoms with E-state index in [0.717, 1.165) is 0 Å². The first kappa shape index (κ1) is 8.59. The average molecular weight is 167 g/mol. The first-order valence-electron chi connectivity index (χ1n) is 4.15. The summed E-state index contributed by atoms with van der Waals surface area (Å²) in [7, 11) is -1.07. The minimum Gasteiger partial charge on any atom is -0.385 e. The molecule has 0 spiro atoms. The minimum atomic E-state index is -1.07. The van der Waals surface area contributed by atoms with E-state index >= 15 is 0 Å². The van der Waals surface area contributed by atoms with Crippen molar-refractivity contribution in [1.82, 2.24) is 5.32 Å². The van der Waals surface area contributed by atoms with E-state index in [2.05, 4.69) is 50.2 Å². The van der Waals surface area contributed by atoms with Gasteiger partial charge in [0.2, 0.25) is 0 Å². The van der Waals surface area contributed by atoms with Gasteiger partial charge in [0.1, 0.15) is 0 Å². The van der Waals surface area contributed by atoms with Gasteiger partial charge in [-0.3, -0.25) is 0 Å². The van der Waals surface area contributed by atoms with Crippen molar-refractivity contribution in [2.75, 3.05) is 0 Å². The molecule has 0 bridgehead atoms. The molecule has 0 aromatic heterocycles. The van der Waals surface area contributed by atoms with Crippen LogP contribution >= 0.6 is 0 Å². The second-order valence-electron chi connectivity index (χ2n) is 4.16. The average Bonchev–Trinajstić information content (AvgIpc) is 1.86. The quantitative estimate of drug-likeness (QED) is 0.591. The highest BCUT2D eigenvalue weighted by molar-refractivity contribution is 6.83. The molecule has 1 N–H and O–H groups in total. The predicted octanol–water partition coefficient (Wildman–Crippen LogP) is 2.30. The summed E-state index contributed by atoms with van der Waals surface area (Å²) in [6, 6.07) is 0.509. The molecule has 0 fully saturated rings. The SMILES string of the molecule is CC1C=CC([Si](C)(C)C)=CN1. The third kappa shape index (κ3) is 2.22. The lowest BCUT2D eigenvalue weighted by Gasteiger charge is -2.22. The smallest absolute Gasteiger partial charge is 0.0794 e. The van der Waals surface area contributed by atoms with Crippen LogP contribution in [0.2, 0.25) is 19.6 Å². The van der Waals surface area contributed by atoms with E-state index in [1.807, 2.05) is 0 Å². The van der Waals surface area contributed by atoms with Crippen LogP contribution in [0.5, 0.6) is 0 Å². The molecule has 11 heavy (non-hydrogen) atoms. The number of dihydropyridines is 1. The summed E-state index contributed by atoms with van der Waals surface area (Å²) in [5, 5.41) is 4.83. The van der Waals surface area contributed by atoms with Gasteiger partial charge in [0, 0.05) is 6.04 Å². The molecule has 0 saturated carbocycles. The van der Waals surface area contributed by atoms with E-state index in [-0.39, 0.29) is 0 Å². The fraction of sp³-hybridized carbons (Fsp3) is 0.556. The Balaban J connectivity index is 2.71. The largest absolute Gasteiger partial charge is 0.385 e. The van der Waals surface area contributed by atoms with Gasteiger partial charge in [-0.2, -0.15) is 0 Å². The molecule has 2 heteroatoms. The third-order valence-electron chi connectivity index (χ3n) is 1.93. The highest BCUT2D eigenvalue weighted by Gasteiger charge is 2.18. The fourth-order valence-corrected chi connectivity index (χ4v) is 2.15. The maximum Gasteiger partial charge on any atom is 0.0794 e. The second-order valence-corrected chi connectivity index (χ2v) is 9.24. The number of hydrogen-bond donors (Lipinski definition) is 1. The lowest BCUT2D eigenvalue weighted by atomic mass is 10.2. The van der Waals surface area contributed by atoms with Gasteiger partial charge in [-0.1, -0.05) is 31.8 Å². The van der Waals surface area contributed by atoms with Gasteiger partial charge >= 0.3 is 0 Å². The van der Waals surface area contributed by atoms with Crippen LogP contribution in [0.3, 0.4) is 0 Å². The van der Waals surface area contributed by atoms with Gasteiger partial charge < -0.3 is 5.32 Å². The molecule has 0 radical (unpaired) electrons. The van der Waals surface area contributed by atoms with Crippen molar-refractivity contribution >= 4 is 8.07 Å². The molecule has 1 unspecified atom stereocenters. The normalized spacial score (nSPS) is 24.4. The number of nitrogens with one attached hydrogen (secondary N) is 1. The van der Waals surface area contributed by atoms with Crippen LogP contribution in [-0.4, -0.2) is 14.1 Å². The molecular formula is C9H17NSi. The van der Waals surface area contributed by atoms with Crippen molar-refractivity contribution in [3.05, 3.63) is 23.5 Å². The van der Waals surface area contributed by atoms with Crippen molar-refractivity contribution < 1.29 is 0 Å². The Labute approximate surface area is 70.2 Å². The summed E-state index contributed by atoms with van der Waals surface area (Å²) < 4.78 is 0. The lowest BCUT2D eigenvalue weighted by molar-refractivity contribution is 0.758. The Bertz CT molecular complexity index is 198. The summed E-state index contributed by atoms with van der Waals surface area (Å²) in [5.74, 6) is 0. The Morgan fingerprint density at radius 1 is 1.36 bits per heavy atom. The van der Waals surface area contributed by atoms with E-state index < -0.39 is 8.07 Å². The molecule has 0 amide bonds. The molecule has 0 aromatic carbocycles. The molecule has 0 aromatic rings. The topological polar surface area (TPSA) is 12.0 Å². The number of allylic oxidation sites excluding steroid dienone is 2. The Morgan fingerprint density at radius 3 is 2.36 bits per heavy atom. The lowest BCUT2D eigenvalue weighted by Crippen LogP contribution is -2.30. The third-order valence-corrected chi connectivity index (χ3v) is 3.98. The molecule has 1 nitrogen and oxygen atoms in total. The molecule has 1 aliphatic heterocycles. The minimum absolute atomic E-state index is 0.509.